The fourth-order valence-corrected chi connectivity index (χ4v) is 2.13. The first-order chi connectivity index (χ1) is 8.33. The minimum Gasteiger partial charge on any atom is -0.389 e. The third-order valence-corrected chi connectivity index (χ3v) is 3.16. The Labute approximate surface area is 105 Å². The van der Waals surface area contributed by atoms with Crippen LogP contribution in [0.5, 0.6) is 0 Å². The molecule has 0 spiro atoms. The highest BCUT2D eigenvalue weighted by Crippen LogP contribution is 2.20. The van der Waals surface area contributed by atoms with Crippen LogP contribution in [0.25, 0.3) is 0 Å². The lowest BCUT2D eigenvalue weighted by atomic mass is 10.3. The largest absolute Gasteiger partial charge is 0.389 e. The van der Waals surface area contributed by atoms with Crippen LogP contribution in [-0.2, 0) is 9.47 Å². The summed E-state index contributed by atoms with van der Waals surface area (Å²) >= 11 is 0. The summed E-state index contributed by atoms with van der Waals surface area (Å²) in [4.78, 5) is 0. The predicted octanol–water partition coefficient (Wildman–Crippen LogP) is 1.32. The van der Waals surface area contributed by atoms with E-state index < -0.39 is 0 Å². The van der Waals surface area contributed by atoms with Gasteiger partial charge < -0.3 is 19.9 Å². The molecule has 0 aliphatic heterocycles. The van der Waals surface area contributed by atoms with E-state index in [4.69, 9.17) is 9.47 Å². The Morgan fingerprint density at radius 2 is 2.06 bits per heavy atom. The molecule has 0 amide bonds. The Morgan fingerprint density at radius 3 is 2.76 bits per heavy atom. The van der Waals surface area contributed by atoms with Crippen molar-refractivity contribution >= 4 is 0 Å². The van der Waals surface area contributed by atoms with E-state index in [0.717, 1.165) is 38.8 Å². The summed E-state index contributed by atoms with van der Waals surface area (Å²) < 4.78 is 10.6. The molecule has 1 aliphatic rings. The van der Waals surface area contributed by atoms with E-state index in [0.29, 0.717) is 19.3 Å². The Morgan fingerprint density at radius 1 is 1.29 bits per heavy atom. The van der Waals surface area contributed by atoms with Crippen molar-refractivity contribution < 1.29 is 14.6 Å². The number of unbranched alkanes of at least 4 members (excludes halogenated alkanes) is 1. The molecule has 1 aliphatic carbocycles. The normalized spacial score (nSPS) is 18.7. The molecule has 4 nitrogen and oxygen atoms in total. The molecule has 2 N–H and O–H groups in total. The van der Waals surface area contributed by atoms with Crippen LogP contribution in [0.2, 0.25) is 0 Å². The molecule has 1 fully saturated rings. The lowest BCUT2D eigenvalue weighted by molar-refractivity contribution is -0.00538. The first-order valence-corrected chi connectivity index (χ1v) is 6.82. The Kier molecular flexibility index (Phi) is 8.61. The number of ether oxygens (including phenoxy) is 2. The fraction of sp³-hybridized carbons (Fsp3) is 1.00. The van der Waals surface area contributed by atoms with E-state index in [2.05, 4.69) is 5.32 Å². The average Bonchev–Trinajstić information content (AvgIpc) is 2.84. The van der Waals surface area contributed by atoms with Crippen LogP contribution < -0.4 is 5.32 Å². The molecule has 0 aromatic heterocycles. The van der Waals surface area contributed by atoms with E-state index in [1.165, 1.54) is 12.8 Å². The zero-order chi connectivity index (χ0) is 12.3. The average molecular weight is 245 g/mol. The van der Waals surface area contributed by atoms with Gasteiger partial charge in [0.15, 0.2) is 0 Å². The topological polar surface area (TPSA) is 50.7 Å². The van der Waals surface area contributed by atoms with Gasteiger partial charge in [-0.15, -0.1) is 0 Å². The summed E-state index contributed by atoms with van der Waals surface area (Å²) in [6, 6.07) is 0. The van der Waals surface area contributed by atoms with Crippen LogP contribution in [0.1, 0.15) is 38.5 Å². The molecular weight excluding hydrogens is 218 g/mol. The van der Waals surface area contributed by atoms with Gasteiger partial charge in [0.05, 0.1) is 18.8 Å². The number of methoxy groups -OCH3 is 1. The molecule has 1 saturated carbocycles. The van der Waals surface area contributed by atoms with Crippen molar-refractivity contribution in [2.75, 3.05) is 33.4 Å². The maximum atomic E-state index is 9.70. The Balaban J connectivity index is 1.85. The molecule has 0 saturated heterocycles. The summed E-state index contributed by atoms with van der Waals surface area (Å²) in [6.45, 7) is 2.84. The number of hydrogen-bond donors (Lipinski definition) is 2. The minimum atomic E-state index is -0.377. The van der Waals surface area contributed by atoms with Crippen molar-refractivity contribution in [3.63, 3.8) is 0 Å². The molecule has 0 bridgehead atoms. The van der Waals surface area contributed by atoms with E-state index >= 15 is 0 Å². The number of rotatable bonds is 10. The van der Waals surface area contributed by atoms with Crippen molar-refractivity contribution in [2.24, 2.45) is 0 Å². The summed E-state index contributed by atoms with van der Waals surface area (Å²) in [7, 11) is 1.72. The number of hydrogen-bond acceptors (Lipinski definition) is 4. The van der Waals surface area contributed by atoms with Crippen LogP contribution in [0, 0.1) is 0 Å². The van der Waals surface area contributed by atoms with Gasteiger partial charge in [0.25, 0.3) is 0 Å². The Hall–Kier alpha value is -0.160. The second-order valence-corrected chi connectivity index (χ2v) is 4.80. The molecule has 1 atom stereocenters. The van der Waals surface area contributed by atoms with Crippen molar-refractivity contribution in [3.05, 3.63) is 0 Å². The summed E-state index contributed by atoms with van der Waals surface area (Å²) in [6.07, 6.45) is 7.05. The van der Waals surface area contributed by atoms with Crippen LogP contribution >= 0.6 is 0 Å². The van der Waals surface area contributed by atoms with Gasteiger partial charge in [0.2, 0.25) is 0 Å². The van der Waals surface area contributed by atoms with Crippen LogP contribution in [0.15, 0.2) is 0 Å². The van der Waals surface area contributed by atoms with E-state index in [1.54, 1.807) is 7.11 Å². The summed E-state index contributed by atoms with van der Waals surface area (Å²) in [5.74, 6) is 0. The van der Waals surface area contributed by atoms with Gasteiger partial charge in [-0.2, -0.15) is 0 Å². The van der Waals surface area contributed by atoms with Crippen LogP contribution in [0.3, 0.4) is 0 Å². The Bertz CT molecular complexity index is 172. The van der Waals surface area contributed by atoms with E-state index in [9.17, 15) is 5.11 Å². The molecule has 0 aromatic carbocycles. The molecule has 1 rings (SSSR count). The number of aliphatic hydroxyl groups is 1. The second-order valence-electron chi connectivity index (χ2n) is 4.80. The highest BCUT2D eigenvalue weighted by molar-refractivity contribution is 4.68. The monoisotopic (exact) mass is 245 g/mol. The zero-order valence-electron chi connectivity index (χ0n) is 11.0. The number of nitrogens with one attached hydrogen (secondary N) is 1. The quantitative estimate of drug-likeness (QED) is 0.570. The number of aliphatic hydroxyl groups excluding tert-OH is 1. The standard InChI is InChI=1S/C13H27NO3/c1-16-9-5-4-8-14-10-12(15)11-17-13-6-2-3-7-13/h12-15H,2-11H2,1H3. The lowest BCUT2D eigenvalue weighted by Gasteiger charge is -2.16. The van der Waals surface area contributed by atoms with Crippen molar-refractivity contribution in [3.8, 4) is 0 Å². The van der Waals surface area contributed by atoms with Crippen molar-refractivity contribution in [1.82, 2.24) is 5.32 Å². The lowest BCUT2D eigenvalue weighted by Crippen LogP contribution is -2.32. The van der Waals surface area contributed by atoms with Crippen LogP contribution in [0.4, 0.5) is 0 Å². The second kappa shape index (κ2) is 9.83. The van der Waals surface area contributed by atoms with E-state index in [-0.39, 0.29) is 6.10 Å². The highest BCUT2D eigenvalue weighted by atomic mass is 16.5. The minimum absolute atomic E-state index is 0.377. The maximum absolute atomic E-state index is 9.70. The summed E-state index contributed by atoms with van der Waals surface area (Å²) in [5, 5.41) is 12.9. The molecule has 4 heteroatoms. The molecule has 0 aromatic rings. The van der Waals surface area contributed by atoms with Crippen molar-refractivity contribution in [2.45, 2.75) is 50.7 Å². The molecule has 0 heterocycles. The predicted molar refractivity (Wildman–Crippen MR) is 68.2 cm³/mol. The van der Waals surface area contributed by atoms with Crippen LogP contribution in [-0.4, -0.2) is 50.7 Å². The summed E-state index contributed by atoms with van der Waals surface area (Å²) in [5.41, 5.74) is 0. The van der Waals surface area contributed by atoms with Gasteiger partial charge in [0.1, 0.15) is 0 Å². The molecule has 0 radical (unpaired) electrons. The molecule has 102 valence electrons. The van der Waals surface area contributed by atoms with Gasteiger partial charge in [-0.05, 0) is 32.2 Å². The van der Waals surface area contributed by atoms with E-state index in [1.807, 2.05) is 0 Å². The first-order valence-electron chi connectivity index (χ1n) is 6.82. The maximum Gasteiger partial charge on any atom is 0.0897 e. The molecule has 1 unspecified atom stereocenters. The van der Waals surface area contributed by atoms with Gasteiger partial charge >= 0.3 is 0 Å². The van der Waals surface area contributed by atoms with Gasteiger partial charge in [-0.3, -0.25) is 0 Å². The van der Waals surface area contributed by atoms with Crippen molar-refractivity contribution in [1.29, 1.82) is 0 Å². The third-order valence-electron chi connectivity index (χ3n) is 3.16. The fourth-order valence-electron chi connectivity index (χ4n) is 2.13. The first kappa shape index (κ1) is 14.9. The van der Waals surface area contributed by atoms with Gasteiger partial charge in [-0.1, -0.05) is 12.8 Å². The smallest absolute Gasteiger partial charge is 0.0897 e. The van der Waals surface area contributed by atoms with Gasteiger partial charge in [0, 0.05) is 20.3 Å². The molecular formula is C13H27NO3. The molecule has 17 heavy (non-hydrogen) atoms. The SMILES string of the molecule is COCCCCNCC(O)COC1CCCC1. The highest BCUT2D eigenvalue weighted by Gasteiger charge is 2.16. The third kappa shape index (κ3) is 7.71. The van der Waals surface area contributed by atoms with Gasteiger partial charge in [-0.25, -0.2) is 0 Å². The zero-order valence-corrected chi connectivity index (χ0v) is 11.0.